The monoisotopic (exact) mass is 125 g/mol. The molecule has 0 unspecified atom stereocenters. The lowest BCUT2D eigenvalue weighted by Gasteiger charge is -1.96. The Morgan fingerprint density at radius 1 is 1.89 bits per heavy atom. The van der Waals surface area contributed by atoms with Crippen LogP contribution in [0.3, 0.4) is 0 Å². The van der Waals surface area contributed by atoms with Crippen LogP contribution in [0.15, 0.2) is 11.6 Å². The molecule has 0 aromatic heterocycles. The van der Waals surface area contributed by atoms with Gasteiger partial charge in [-0.25, -0.2) is 0 Å². The van der Waals surface area contributed by atoms with Gasteiger partial charge in [-0.05, 0) is 12.8 Å². The number of allylic oxidation sites excluding steroid dienone is 1. The molecular formula is C7H11NO. The highest BCUT2D eigenvalue weighted by atomic mass is 16.1. The molecule has 0 spiro atoms. The maximum absolute atomic E-state index is 10.3. The van der Waals surface area contributed by atoms with Crippen LogP contribution in [-0.2, 0) is 4.79 Å². The van der Waals surface area contributed by atoms with Gasteiger partial charge in [-0.1, -0.05) is 11.6 Å². The van der Waals surface area contributed by atoms with Gasteiger partial charge in [-0.3, -0.25) is 4.79 Å². The molecule has 1 rings (SSSR count). The molecule has 9 heavy (non-hydrogen) atoms. The molecule has 0 bridgehead atoms. The summed E-state index contributed by atoms with van der Waals surface area (Å²) in [6, 6.07) is 0. The molecule has 0 aliphatic heterocycles. The van der Waals surface area contributed by atoms with E-state index in [4.69, 9.17) is 0 Å². The van der Waals surface area contributed by atoms with E-state index in [2.05, 4.69) is 11.4 Å². The van der Waals surface area contributed by atoms with Gasteiger partial charge in [0.15, 0.2) is 0 Å². The summed E-state index contributed by atoms with van der Waals surface area (Å²) in [6.07, 6.45) is 4.39. The van der Waals surface area contributed by atoms with Crippen molar-refractivity contribution in [3.63, 3.8) is 0 Å². The average molecular weight is 125 g/mol. The fourth-order valence-corrected chi connectivity index (χ4v) is 0.675. The largest absolute Gasteiger partial charge is 0.356 e. The third-order valence-corrected chi connectivity index (χ3v) is 1.31. The molecule has 0 fully saturated rings. The molecular weight excluding hydrogens is 114 g/mol. The third kappa shape index (κ3) is 2.90. The number of rotatable bonds is 3. The summed E-state index contributed by atoms with van der Waals surface area (Å²) in [5.41, 5.74) is 1.48. The summed E-state index contributed by atoms with van der Waals surface area (Å²) >= 11 is 0. The van der Waals surface area contributed by atoms with Crippen molar-refractivity contribution in [2.75, 3.05) is 6.54 Å². The van der Waals surface area contributed by atoms with E-state index in [0.29, 0.717) is 0 Å². The number of hydrogen-bond donors (Lipinski definition) is 1. The van der Waals surface area contributed by atoms with Crippen LogP contribution in [0, 0.1) is 0 Å². The maximum atomic E-state index is 10.3. The lowest BCUT2D eigenvalue weighted by atomic mass is 10.3. The number of carbonyl (C=O) groups is 1. The second kappa shape index (κ2) is 2.67. The average Bonchev–Trinajstić information content (AvgIpc) is 2.48. The zero-order valence-electron chi connectivity index (χ0n) is 5.61. The Labute approximate surface area is 54.9 Å². The fourth-order valence-electron chi connectivity index (χ4n) is 0.675. The number of nitrogens with one attached hydrogen (secondary N) is 1. The van der Waals surface area contributed by atoms with Gasteiger partial charge in [0.05, 0.1) is 0 Å². The Morgan fingerprint density at radius 2 is 2.56 bits per heavy atom. The molecule has 1 amide bonds. The zero-order valence-corrected chi connectivity index (χ0v) is 5.61. The Kier molecular flexibility index (Phi) is 1.88. The normalized spacial score (nSPS) is 14.6. The minimum atomic E-state index is 0.0660. The van der Waals surface area contributed by atoms with E-state index in [1.54, 1.807) is 6.92 Å². The highest BCUT2D eigenvalue weighted by Crippen LogP contribution is 2.20. The van der Waals surface area contributed by atoms with Gasteiger partial charge >= 0.3 is 0 Å². The van der Waals surface area contributed by atoms with Gasteiger partial charge in [0, 0.05) is 13.5 Å². The molecule has 0 atom stereocenters. The smallest absolute Gasteiger partial charge is 0.216 e. The molecule has 1 aliphatic carbocycles. The molecule has 2 nitrogen and oxygen atoms in total. The van der Waals surface area contributed by atoms with Gasteiger partial charge in [-0.15, -0.1) is 0 Å². The minimum Gasteiger partial charge on any atom is -0.356 e. The van der Waals surface area contributed by atoms with Crippen LogP contribution < -0.4 is 5.32 Å². The van der Waals surface area contributed by atoms with Gasteiger partial charge in [0.1, 0.15) is 0 Å². The van der Waals surface area contributed by atoms with Crippen molar-refractivity contribution >= 4 is 5.91 Å². The van der Waals surface area contributed by atoms with Crippen molar-refractivity contribution in [2.24, 2.45) is 0 Å². The van der Waals surface area contributed by atoms with Gasteiger partial charge in [0.25, 0.3) is 0 Å². The predicted octanol–water partition coefficient (Wildman–Crippen LogP) is 0.843. The first-order valence-electron chi connectivity index (χ1n) is 3.21. The van der Waals surface area contributed by atoms with Crippen LogP contribution in [0.25, 0.3) is 0 Å². The SMILES string of the molecule is CC(=O)NCCC1=CC1. The third-order valence-electron chi connectivity index (χ3n) is 1.31. The van der Waals surface area contributed by atoms with Gasteiger partial charge in [0.2, 0.25) is 5.91 Å². The number of carbonyl (C=O) groups excluding carboxylic acids is 1. The van der Waals surface area contributed by atoms with Crippen LogP contribution in [0.4, 0.5) is 0 Å². The first-order chi connectivity index (χ1) is 4.29. The van der Waals surface area contributed by atoms with E-state index in [1.807, 2.05) is 0 Å². The number of hydrogen-bond acceptors (Lipinski definition) is 1. The van der Waals surface area contributed by atoms with Crippen LogP contribution in [0.5, 0.6) is 0 Å². The summed E-state index contributed by atoms with van der Waals surface area (Å²) in [5.74, 6) is 0.0660. The lowest BCUT2D eigenvalue weighted by molar-refractivity contribution is -0.118. The van der Waals surface area contributed by atoms with Crippen molar-refractivity contribution in [1.82, 2.24) is 5.32 Å². The molecule has 0 saturated carbocycles. The zero-order chi connectivity index (χ0) is 6.69. The van der Waals surface area contributed by atoms with Crippen molar-refractivity contribution < 1.29 is 4.79 Å². The summed E-state index contributed by atoms with van der Waals surface area (Å²) in [6.45, 7) is 2.35. The predicted molar refractivity (Wildman–Crippen MR) is 36.0 cm³/mol. The Morgan fingerprint density at radius 3 is 3.00 bits per heavy atom. The second-order valence-corrected chi connectivity index (χ2v) is 2.30. The van der Waals surface area contributed by atoms with Crippen molar-refractivity contribution in [2.45, 2.75) is 19.8 Å². The van der Waals surface area contributed by atoms with E-state index in [-0.39, 0.29) is 5.91 Å². The molecule has 1 aliphatic rings. The highest BCUT2D eigenvalue weighted by Gasteiger charge is 2.05. The van der Waals surface area contributed by atoms with Gasteiger partial charge in [-0.2, -0.15) is 0 Å². The molecule has 0 aromatic rings. The Balaban J connectivity index is 1.92. The van der Waals surface area contributed by atoms with E-state index in [1.165, 1.54) is 12.0 Å². The van der Waals surface area contributed by atoms with Crippen LogP contribution >= 0.6 is 0 Å². The summed E-state index contributed by atoms with van der Waals surface area (Å²) in [4.78, 5) is 10.3. The Bertz CT molecular complexity index is 147. The molecule has 50 valence electrons. The van der Waals surface area contributed by atoms with Gasteiger partial charge < -0.3 is 5.32 Å². The first-order valence-corrected chi connectivity index (χ1v) is 3.21. The van der Waals surface area contributed by atoms with E-state index in [9.17, 15) is 4.79 Å². The molecule has 0 heterocycles. The lowest BCUT2D eigenvalue weighted by Crippen LogP contribution is -2.20. The molecule has 1 N–H and O–H groups in total. The molecule has 0 saturated heterocycles. The van der Waals surface area contributed by atoms with Crippen molar-refractivity contribution in [1.29, 1.82) is 0 Å². The highest BCUT2D eigenvalue weighted by molar-refractivity contribution is 5.72. The fraction of sp³-hybridized carbons (Fsp3) is 0.571. The second-order valence-electron chi connectivity index (χ2n) is 2.30. The van der Waals surface area contributed by atoms with E-state index in [0.717, 1.165) is 13.0 Å². The van der Waals surface area contributed by atoms with Crippen molar-refractivity contribution in [3.8, 4) is 0 Å². The molecule has 2 heteroatoms. The number of amides is 1. The van der Waals surface area contributed by atoms with Crippen LogP contribution in [-0.4, -0.2) is 12.5 Å². The van der Waals surface area contributed by atoms with E-state index >= 15 is 0 Å². The van der Waals surface area contributed by atoms with Crippen LogP contribution in [0.1, 0.15) is 19.8 Å². The minimum absolute atomic E-state index is 0.0660. The van der Waals surface area contributed by atoms with E-state index < -0.39 is 0 Å². The summed E-state index contributed by atoms with van der Waals surface area (Å²) in [5, 5.41) is 2.74. The summed E-state index contributed by atoms with van der Waals surface area (Å²) < 4.78 is 0. The summed E-state index contributed by atoms with van der Waals surface area (Å²) in [7, 11) is 0. The standard InChI is InChI=1S/C7H11NO/c1-6(9)8-5-4-7-2-3-7/h2H,3-5H2,1H3,(H,8,9). The Hall–Kier alpha value is -0.790. The first kappa shape index (κ1) is 6.33. The van der Waals surface area contributed by atoms with Crippen LogP contribution in [0.2, 0.25) is 0 Å². The molecule has 0 aromatic carbocycles. The topological polar surface area (TPSA) is 29.1 Å². The molecule has 0 radical (unpaired) electrons. The quantitative estimate of drug-likeness (QED) is 0.556. The van der Waals surface area contributed by atoms with Crippen molar-refractivity contribution in [3.05, 3.63) is 11.6 Å². The maximum Gasteiger partial charge on any atom is 0.216 e.